The average Bonchev–Trinajstić information content (AvgIpc) is 2.60. The van der Waals surface area contributed by atoms with E-state index in [4.69, 9.17) is 5.73 Å². The lowest BCUT2D eigenvalue weighted by Crippen LogP contribution is -2.23. The Morgan fingerprint density at radius 1 is 0.821 bits per heavy atom. The molecule has 0 radical (unpaired) electrons. The molecule has 0 aliphatic heterocycles. The van der Waals surface area contributed by atoms with Crippen molar-refractivity contribution >= 4 is 5.91 Å². The van der Waals surface area contributed by atoms with Crippen molar-refractivity contribution in [1.29, 1.82) is 0 Å². The van der Waals surface area contributed by atoms with Gasteiger partial charge in [0.2, 0.25) is 5.91 Å². The number of rotatable bonds is 6. The van der Waals surface area contributed by atoms with E-state index >= 15 is 0 Å². The van der Waals surface area contributed by atoms with E-state index in [2.05, 4.69) is 90.1 Å². The molecule has 0 aromatic heterocycles. The van der Waals surface area contributed by atoms with Crippen LogP contribution >= 0.6 is 0 Å². The molecular formula is C26H37NO. The smallest absolute Gasteiger partial charge is 0.220 e. The Labute approximate surface area is 171 Å². The van der Waals surface area contributed by atoms with E-state index in [0.717, 1.165) is 12.8 Å². The van der Waals surface area contributed by atoms with Crippen LogP contribution in [-0.2, 0) is 22.0 Å². The van der Waals surface area contributed by atoms with Gasteiger partial charge in [-0.15, -0.1) is 0 Å². The monoisotopic (exact) mass is 379 g/mol. The number of primary amides is 1. The van der Waals surface area contributed by atoms with Crippen molar-refractivity contribution in [3.63, 3.8) is 0 Å². The summed E-state index contributed by atoms with van der Waals surface area (Å²) in [6, 6.07) is 17.8. The largest absolute Gasteiger partial charge is 0.369 e. The molecule has 2 aromatic carbocycles. The summed E-state index contributed by atoms with van der Waals surface area (Å²) in [6.45, 7) is 15.3. The van der Waals surface area contributed by atoms with Crippen LogP contribution in [0.2, 0.25) is 0 Å². The van der Waals surface area contributed by atoms with Gasteiger partial charge in [0.15, 0.2) is 0 Å². The SMILES string of the molecule is CC(CC(Cc1ccc(C(C)(C)C)cc1)c1ccc(C(C)(C)C)cc1)C(N)=O. The van der Waals surface area contributed by atoms with Crippen LogP contribution in [0.25, 0.3) is 0 Å². The Bertz CT molecular complexity index is 773. The number of nitrogens with two attached hydrogens (primary N) is 1. The van der Waals surface area contributed by atoms with Gasteiger partial charge in [-0.3, -0.25) is 4.79 Å². The van der Waals surface area contributed by atoms with E-state index in [9.17, 15) is 4.79 Å². The summed E-state index contributed by atoms with van der Waals surface area (Å²) in [4.78, 5) is 11.7. The molecule has 0 heterocycles. The summed E-state index contributed by atoms with van der Waals surface area (Å²) in [7, 11) is 0. The van der Waals surface area contributed by atoms with Crippen LogP contribution in [-0.4, -0.2) is 5.91 Å². The van der Waals surface area contributed by atoms with Crippen LogP contribution in [0.5, 0.6) is 0 Å². The van der Waals surface area contributed by atoms with Gasteiger partial charge in [0, 0.05) is 5.92 Å². The number of hydrogen-bond acceptors (Lipinski definition) is 1. The predicted molar refractivity (Wildman–Crippen MR) is 120 cm³/mol. The zero-order chi connectivity index (χ0) is 21.1. The highest BCUT2D eigenvalue weighted by Crippen LogP contribution is 2.31. The zero-order valence-corrected chi connectivity index (χ0v) is 18.7. The van der Waals surface area contributed by atoms with Crippen LogP contribution in [0.4, 0.5) is 0 Å². The molecule has 2 atom stereocenters. The minimum Gasteiger partial charge on any atom is -0.369 e. The standard InChI is InChI=1S/C26H37NO/c1-18(24(27)28)16-21(20-10-14-23(15-11-20)26(5,6)7)17-19-8-12-22(13-9-19)25(2,3)4/h8-15,18,21H,16-17H2,1-7H3,(H2,27,28). The first-order valence-electron chi connectivity index (χ1n) is 10.4. The van der Waals surface area contributed by atoms with Crippen LogP contribution in [0.15, 0.2) is 48.5 Å². The molecular weight excluding hydrogens is 342 g/mol. The molecule has 28 heavy (non-hydrogen) atoms. The van der Waals surface area contributed by atoms with E-state index in [1.807, 2.05) is 6.92 Å². The molecule has 2 N–H and O–H groups in total. The van der Waals surface area contributed by atoms with Gasteiger partial charge in [-0.25, -0.2) is 0 Å². The molecule has 0 aliphatic carbocycles. The first-order chi connectivity index (χ1) is 12.9. The summed E-state index contributed by atoms with van der Waals surface area (Å²) in [5, 5.41) is 0. The second-order valence-corrected chi connectivity index (χ2v) is 10.3. The number of benzene rings is 2. The molecule has 152 valence electrons. The molecule has 2 heteroatoms. The Balaban J connectivity index is 2.28. The van der Waals surface area contributed by atoms with E-state index in [0.29, 0.717) is 0 Å². The lowest BCUT2D eigenvalue weighted by molar-refractivity contribution is -0.121. The van der Waals surface area contributed by atoms with Crippen LogP contribution in [0, 0.1) is 5.92 Å². The first-order valence-corrected chi connectivity index (χ1v) is 10.4. The molecule has 0 fully saturated rings. The van der Waals surface area contributed by atoms with Crippen molar-refractivity contribution in [2.24, 2.45) is 11.7 Å². The minimum atomic E-state index is -0.223. The number of carbonyl (C=O) groups excluding carboxylic acids is 1. The van der Waals surface area contributed by atoms with Crippen molar-refractivity contribution in [2.45, 2.75) is 78.1 Å². The minimum absolute atomic E-state index is 0.136. The third kappa shape index (κ3) is 5.95. The first kappa shape index (κ1) is 22.2. The number of hydrogen-bond donors (Lipinski definition) is 1. The summed E-state index contributed by atoms with van der Waals surface area (Å²) in [6.07, 6.45) is 1.68. The third-order valence-electron chi connectivity index (χ3n) is 5.67. The number of amides is 1. The van der Waals surface area contributed by atoms with Gasteiger partial charge in [-0.2, -0.15) is 0 Å². The van der Waals surface area contributed by atoms with Crippen molar-refractivity contribution in [3.8, 4) is 0 Å². The van der Waals surface area contributed by atoms with E-state index in [1.165, 1.54) is 22.3 Å². The highest BCUT2D eigenvalue weighted by molar-refractivity contribution is 5.76. The highest BCUT2D eigenvalue weighted by Gasteiger charge is 2.21. The van der Waals surface area contributed by atoms with Gasteiger partial charge >= 0.3 is 0 Å². The van der Waals surface area contributed by atoms with Crippen molar-refractivity contribution in [2.75, 3.05) is 0 Å². The maximum atomic E-state index is 11.7. The van der Waals surface area contributed by atoms with Crippen molar-refractivity contribution in [1.82, 2.24) is 0 Å². The topological polar surface area (TPSA) is 43.1 Å². The molecule has 0 aliphatic rings. The van der Waals surface area contributed by atoms with Gasteiger partial charge in [-0.1, -0.05) is 97.0 Å². The molecule has 0 saturated heterocycles. The Morgan fingerprint density at radius 2 is 1.25 bits per heavy atom. The average molecular weight is 380 g/mol. The molecule has 2 aromatic rings. The molecule has 0 spiro atoms. The van der Waals surface area contributed by atoms with Gasteiger partial charge < -0.3 is 5.73 Å². The van der Waals surface area contributed by atoms with E-state index < -0.39 is 0 Å². The van der Waals surface area contributed by atoms with Crippen molar-refractivity contribution in [3.05, 3.63) is 70.8 Å². The lowest BCUT2D eigenvalue weighted by Gasteiger charge is -2.24. The van der Waals surface area contributed by atoms with Gasteiger partial charge in [-0.05, 0) is 51.8 Å². The molecule has 1 amide bonds. The van der Waals surface area contributed by atoms with Gasteiger partial charge in [0.25, 0.3) is 0 Å². The molecule has 2 rings (SSSR count). The van der Waals surface area contributed by atoms with Gasteiger partial charge in [0.1, 0.15) is 0 Å². The Kier molecular flexibility index (Phi) is 6.75. The fourth-order valence-corrected chi connectivity index (χ4v) is 3.56. The number of carbonyl (C=O) groups is 1. The summed E-state index contributed by atoms with van der Waals surface area (Å²) < 4.78 is 0. The third-order valence-corrected chi connectivity index (χ3v) is 5.67. The van der Waals surface area contributed by atoms with E-state index in [1.54, 1.807) is 0 Å². The van der Waals surface area contributed by atoms with Crippen LogP contribution < -0.4 is 5.73 Å². The Hall–Kier alpha value is -2.09. The lowest BCUT2D eigenvalue weighted by atomic mass is 9.81. The molecule has 2 unspecified atom stereocenters. The fraction of sp³-hybridized carbons (Fsp3) is 0.500. The van der Waals surface area contributed by atoms with Crippen LogP contribution in [0.1, 0.15) is 83.1 Å². The zero-order valence-electron chi connectivity index (χ0n) is 18.7. The summed E-state index contributed by atoms with van der Waals surface area (Å²) in [5.41, 5.74) is 11.1. The second-order valence-electron chi connectivity index (χ2n) is 10.3. The van der Waals surface area contributed by atoms with Gasteiger partial charge in [0.05, 0.1) is 0 Å². The predicted octanol–water partition coefficient (Wildman–Crippen LogP) is 6.12. The van der Waals surface area contributed by atoms with Crippen LogP contribution in [0.3, 0.4) is 0 Å². The molecule has 0 saturated carbocycles. The highest BCUT2D eigenvalue weighted by atomic mass is 16.1. The summed E-state index contributed by atoms with van der Waals surface area (Å²) in [5.74, 6) is -0.0856. The van der Waals surface area contributed by atoms with Crippen molar-refractivity contribution < 1.29 is 4.79 Å². The second kappa shape index (κ2) is 8.51. The normalized spacial score (nSPS) is 14.5. The fourth-order valence-electron chi connectivity index (χ4n) is 3.56. The van der Waals surface area contributed by atoms with E-state index in [-0.39, 0.29) is 28.6 Å². The maximum absolute atomic E-state index is 11.7. The molecule has 0 bridgehead atoms. The summed E-state index contributed by atoms with van der Waals surface area (Å²) >= 11 is 0. The maximum Gasteiger partial charge on any atom is 0.220 e. The quantitative estimate of drug-likeness (QED) is 0.645. The molecule has 2 nitrogen and oxygen atoms in total. The Morgan fingerprint density at radius 3 is 1.64 bits per heavy atom.